The standard InChI is InChI=1S/C13H17BrN2O2/c1-18-12-5-2-9(6-11(12)14)7-15-8-13(17)16-10-3-4-10/h2,5-6,10,15H,3-4,7-8H2,1H3,(H,16,17). The highest BCUT2D eigenvalue weighted by Crippen LogP contribution is 2.25. The van der Waals surface area contributed by atoms with Gasteiger partial charge in [-0.3, -0.25) is 4.79 Å². The molecular formula is C13H17BrN2O2. The summed E-state index contributed by atoms with van der Waals surface area (Å²) in [6.45, 7) is 1.03. The van der Waals surface area contributed by atoms with E-state index in [9.17, 15) is 4.79 Å². The molecule has 0 saturated heterocycles. The van der Waals surface area contributed by atoms with E-state index in [0.29, 0.717) is 19.1 Å². The number of halogens is 1. The second-order valence-electron chi connectivity index (χ2n) is 4.41. The van der Waals surface area contributed by atoms with Crippen LogP contribution in [0.15, 0.2) is 22.7 Å². The Bertz CT molecular complexity index is 433. The van der Waals surface area contributed by atoms with E-state index in [1.807, 2.05) is 18.2 Å². The SMILES string of the molecule is COc1ccc(CNCC(=O)NC2CC2)cc1Br. The predicted molar refractivity (Wildman–Crippen MR) is 73.6 cm³/mol. The summed E-state index contributed by atoms with van der Waals surface area (Å²) in [7, 11) is 1.64. The quantitative estimate of drug-likeness (QED) is 0.842. The van der Waals surface area contributed by atoms with Gasteiger partial charge in [-0.1, -0.05) is 6.07 Å². The van der Waals surface area contributed by atoms with Gasteiger partial charge >= 0.3 is 0 Å². The fourth-order valence-corrected chi connectivity index (χ4v) is 2.23. The van der Waals surface area contributed by atoms with Crippen molar-refractivity contribution in [2.45, 2.75) is 25.4 Å². The van der Waals surface area contributed by atoms with Gasteiger partial charge in [-0.15, -0.1) is 0 Å². The van der Waals surface area contributed by atoms with Gasteiger partial charge in [-0.2, -0.15) is 0 Å². The number of nitrogens with one attached hydrogen (secondary N) is 2. The van der Waals surface area contributed by atoms with Crippen molar-refractivity contribution < 1.29 is 9.53 Å². The second kappa shape index (κ2) is 6.20. The topological polar surface area (TPSA) is 50.4 Å². The molecule has 1 saturated carbocycles. The highest BCUT2D eigenvalue weighted by Gasteiger charge is 2.22. The lowest BCUT2D eigenvalue weighted by Crippen LogP contribution is -2.34. The Hall–Kier alpha value is -1.07. The molecule has 0 aliphatic heterocycles. The largest absolute Gasteiger partial charge is 0.496 e. The molecule has 1 aromatic carbocycles. The number of methoxy groups -OCH3 is 1. The predicted octanol–water partition coefficient (Wildman–Crippen LogP) is 1.83. The van der Waals surface area contributed by atoms with Crippen molar-refractivity contribution in [2.24, 2.45) is 0 Å². The lowest BCUT2D eigenvalue weighted by Gasteiger charge is -2.08. The fraction of sp³-hybridized carbons (Fsp3) is 0.462. The fourth-order valence-electron chi connectivity index (χ4n) is 1.65. The molecule has 0 aromatic heterocycles. The molecule has 0 heterocycles. The summed E-state index contributed by atoms with van der Waals surface area (Å²) in [4.78, 5) is 11.4. The van der Waals surface area contributed by atoms with E-state index in [2.05, 4.69) is 26.6 Å². The summed E-state index contributed by atoms with van der Waals surface area (Å²) in [5, 5.41) is 6.06. The normalized spacial score (nSPS) is 14.3. The van der Waals surface area contributed by atoms with E-state index < -0.39 is 0 Å². The average Bonchev–Trinajstić information content (AvgIpc) is 3.13. The summed E-state index contributed by atoms with van der Waals surface area (Å²) in [6, 6.07) is 6.31. The molecule has 1 amide bonds. The maximum absolute atomic E-state index is 11.4. The molecule has 0 bridgehead atoms. The van der Waals surface area contributed by atoms with Crippen molar-refractivity contribution in [3.05, 3.63) is 28.2 Å². The van der Waals surface area contributed by atoms with E-state index >= 15 is 0 Å². The lowest BCUT2D eigenvalue weighted by atomic mass is 10.2. The van der Waals surface area contributed by atoms with Crippen molar-refractivity contribution in [1.29, 1.82) is 0 Å². The maximum Gasteiger partial charge on any atom is 0.234 e. The Kier molecular flexibility index (Phi) is 4.60. The molecule has 4 nitrogen and oxygen atoms in total. The molecule has 1 aliphatic carbocycles. The number of carbonyl (C=O) groups is 1. The number of hydrogen-bond acceptors (Lipinski definition) is 3. The van der Waals surface area contributed by atoms with Gasteiger partial charge in [-0.05, 0) is 46.5 Å². The van der Waals surface area contributed by atoms with E-state index in [1.54, 1.807) is 7.11 Å². The number of hydrogen-bond donors (Lipinski definition) is 2. The Morgan fingerprint density at radius 1 is 1.50 bits per heavy atom. The third-order valence-electron chi connectivity index (χ3n) is 2.77. The lowest BCUT2D eigenvalue weighted by molar-refractivity contribution is -0.120. The summed E-state index contributed by atoms with van der Waals surface area (Å²) in [5.41, 5.74) is 1.11. The van der Waals surface area contributed by atoms with Gasteiger partial charge in [0.15, 0.2) is 0 Å². The zero-order valence-corrected chi connectivity index (χ0v) is 11.9. The van der Waals surface area contributed by atoms with Crippen molar-refractivity contribution >= 4 is 21.8 Å². The molecule has 98 valence electrons. The number of carbonyl (C=O) groups excluding carboxylic acids is 1. The summed E-state index contributed by atoms with van der Waals surface area (Å²) >= 11 is 3.44. The number of ether oxygens (including phenoxy) is 1. The smallest absolute Gasteiger partial charge is 0.234 e. The highest BCUT2D eigenvalue weighted by atomic mass is 79.9. The minimum absolute atomic E-state index is 0.0741. The van der Waals surface area contributed by atoms with Crippen molar-refractivity contribution in [2.75, 3.05) is 13.7 Å². The van der Waals surface area contributed by atoms with Gasteiger partial charge in [0.1, 0.15) is 5.75 Å². The van der Waals surface area contributed by atoms with Gasteiger partial charge < -0.3 is 15.4 Å². The average molecular weight is 313 g/mol. The van der Waals surface area contributed by atoms with Crippen LogP contribution in [0.25, 0.3) is 0 Å². The zero-order chi connectivity index (χ0) is 13.0. The second-order valence-corrected chi connectivity index (χ2v) is 5.27. The van der Waals surface area contributed by atoms with Crippen molar-refractivity contribution in [1.82, 2.24) is 10.6 Å². The van der Waals surface area contributed by atoms with Crippen molar-refractivity contribution in [3.63, 3.8) is 0 Å². The molecule has 1 aromatic rings. The molecule has 2 N–H and O–H groups in total. The summed E-state index contributed by atoms with van der Waals surface area (Å²) in [6.07, 6.45) is 2.24. The minimum atomic E-state index is 0.0741. The molecule has 0 spiro atoms. The van der Waals surface area contributed by atoms with Crippen LogP contribution in [-0.2, 0) is 11.3 Å². The van der Waals surface area contributed by atoms with Crippen LogP contribution in [0.1, 0.15) is 18.4 Å². The molecule has 5 heteroatoms. The Morgan fingerprint density at radius 3 is 2.89 bits per heavy atom. The number of rotatable bonds is 6. The molecule has 0 unspecified atom stereocenters. The molecule has 1 aliphatic rings. The van der Waals surface area contributed by atoms with Gasteiger partial charge in [-0.25, -0.2) is 0 Å². The highest BCUT2D eigenvalue weighted by molar-refractivity contribution is 9.10. The Morgan fingerprint density at radius 2 is 2.28 bits per heavy atom. The van der Waals surface area contributed by atoms with Crippen LogP contribution in [0.4, 0.5) is 0 Å². The minimum Gasteiger partial charge on any atom is -0.496 e. The molecular weight excluding hydrogens is 296 g/mol. The van der Waals surface area contributed by atoms with E-state index in [0.717, 1.165) is 28.6 Å². The van der Waals surface area contributed by atoms with Crippen molar-refractivity contribution in [3.8, 4) is 5.75 Å². The van der Waals surface area contributed by atoms with Crippen LogP contribution < -0.4 is 15.4 Å². The van der Waals surface area contributed by atoms with Gasteiger partial charge in [0.05, 0.1) is 18.1 Å². The number of amides is 1. The van der Waals surface area contributed by atoms with Crippen LogP contribution in [-0.4, -0.2) is 25.6 Å². The van der Waals surface area contributed by atoms with Crippen LogP contribution in [0.3, 0.4) is 0 Å². The van der Waals surface area contributed by atoms with E-state index in [4.69, 9.17) is 4.74 Å². The molecule has 18 heavy (non-hydrogen) atoms. The first-order chi connectivity index (χ1) is 8.69. The molecule has 1 fully saturated rings. The Labute approximate surface area is 115 Å². The van der Waals surface area contributed by atoms with Gasteiger partial charge in [0, 0.05) is 12.6 Å². The van der Waals surface area contributed by atoms with E-state index in [1.165, 1.54) is 0 Å². The maximum atomic E-state index is 11.4. The first-order valence-corrected chi connectivity index (χ1v) is 6.81. The number of benzene rings is 1. The first-order valence-electron chi connectivity index (χ1n) is 6.01. The molecule has 0 atom stereocenters. The van der Waals surface area contributed by atoms with Gasteiger partial charge in [0.2, 0.25) is 5.91 Å². The van der Waals surface area contributed by atoms with E-state index in [-0.39, 0.29) is 5.91 Å². The first kappa shape index (κ1) is 13.4. The zero-order valence-electron chi connectivity index (χ0n) is 10.3. The Balaban J connectivity index is 1.75. The van der Waals surface area contributed by atoms with Crippen LogP contribution >= 0.6 is 15.9 Å². The third kappa shape index (κ3) is 3.99. The monoisotopic (exact) mass is 312 g/mol. The third-order valence-corrected chi connectivity index (χ3v) is 3.39. The van der Waals surface area contributed by atoms with Gasteiger partial charge in [0.25, 0.3) is 0 Å². The van der Waals surface area contributed by atoms with Crippen LogP contribution in [0.2, 0.25) is 0 Å². The molecule has 0 radical (unpaired) electrons. The van der Waals surface area contributed by atoms with Crippen LogP contribution in [0, 0.1) is 0 Å². The summed E-state index contributed by atoms with van der Waals surface area (Å²) in [5.74, 6) is 0.885. The summed E-state index contributed by atoms with van der Waals surface area (Å²) < 4.78 is 6.08. The molecule has 2 rings (SSSR count). The van der Waals surface area contributed by atoms with Crippen LogP contribution in [0.5, 0.6) is 5.75 Å².